The zero-order valence-corrected chi connectivity index (χ0v) is 16.8. The van der Waals surface area contributed by atoms with Crippen molar-refractivity contribution in [2.45, 2.75) is 38.6 Å². The number of aryl methyl sites for hydroxylation is 3. The number of phenols is 1. The topological polar surface area (TPSA) is 75.4 Å². The molecule has 0 radical (unpaired) electrons. The molecular weight excluding hydrogens is 360 g/mol. The fourth-order valence-electron chi connectivity index (χ4n) is 3.31. The van der Waals surface area contributed by atoms with E-state index >= 15 is 0 Å². The molecule has 150 valence electrons. The Hall–Kier alpha value is -3.27. The van der Waals surface area contributed by atoms with E-state index in [9.17, 15) is 9.90 Å². The number of rotatable bonds is 8. The number of nitrogens with two attached hydrogens (primary N) is 1. The molecule has 1 atom stereocenters. The van der Waals surface area contributed by atoms with Crippen LogP contribution >= 0.6 is 0 Å². The molecule has 0 aliphatic carbocycles. The number of hydrogen-bond acceptors (Lipinski definition) is 3. The van der Waals surface area contributed by atoms with E-state index in [2.05, 4.69) is 17.4 Å². The molecule has 1 unspecified atom stereocenters. The maximum atomic E-state index is 12.7. The van der Waals surface area contributed by atoms with Gasteiger partial charge in [-0.15, -0.1) is 0 Å². The van der Waals surface area contributed by atoms with E-state index in [0.29, 0.717) is 11.3 Å². The molecule has 0 bridgehead atoms. The minimum Gasteiger partial charge on any atom is -0.508 e. The average molecular weight is 389 g/mol. The van der Waals surface area contributed by atoms with Crippen LogP contribution in [0.1, 0.15) is 40.4 Å². The highest BCUT2D eigenvalue weighted by Gasteiger charge is 2.12. The van der Waals surface area contributed by atoms with Crippen molar-refractivity contribution in [3.63, 3.8) is 0 Å². The number of anilines is 1. The molecule has 4 N–H and O–H groups in total. The third-order valence-corrected chi connectivity index (χ3v) is 5.11. The SMILES string of the molecule is CC(CCc1ccccc1)NC(=O)c1ccc(N)c(CCc2ccc(O)cc2)c1. The molecule has 0 aliphatic heterocycles. The van der Waals surface area contributed by atoms with E-state index in [-0.39, 0.29) is 17.7 Å². The van der Waals surface area contributed by atoms with Crippen LogP contribution in [0.4, 0.5) is 5.69 Å². The quantitative estimate of drug-likeness (QED) is 0.497. The summed E-state index contributed by atoms with van der Waals surface area (Å²) in [6.07, 6.45) is 3.35. The minimum absolute atomic E-state index is 0.0727. The van der Waals surface area contributed by atoms with Gasteiger partial charge in [0.25, 0.3) is 5.91 Å². The second kappa shape index (κ2) is 9.78. The number of hydrogen-bond donors (Lipinski definition) is 3. The van der Waals surface area contributed by atoms with Gasteiger partial charge in [0.05, 0.1) is 0 Å². The maximum absolute atomic E-state index is 12.7. The second-order valence-electron chi connectivity index (χ2n) is 7.48. The number of carbonyl (C=O) groups excluding carboxylic acids is 1. The zero-order valence-electron chi connectivity index (χ0n) is 16.8. The predicted molar refractivity (Wildman–Crippen MR) is 118 cm³/mol. The fourth-order valence-corrected chi connectivity index (χ4v) is 3.31. The Morgan fingerprint density at radius 1 is 0.931 bits per heavy atom. The van der Waals surface area contributed by atoms with Crippen molar-refractivity contribution in [1.29, 1.82) is 0 Å². The monoisotopic (exact) mass is 388 g/mol. The van der Waals surface area contributed by atoms with Crippen LogP contribution < -0.4 is 11.1 Å². The van der Waals surface area contributed by atoms with E-state index in [1.165, 1.54) is 5.56 Å². The summed E-state index contributed by atoms with van der Waals surface area (Å²) in [6.45, 7) is 2.03. The maximum Gasteiger partial charge on any atom is 0.251 e. The first-order valence-corrected chi connectivity index (χ1v) is 10.0. The van der Waals surface area contributed by atoms with Gasteiger partial charge in [0.15, 0.2) is 0 Å². The molecule has 0 aliphatic rings. The summed E-state index contributed by atoms with van der Waals surface area (Å²) in [4.78, 5) is 12.7. The molecular formula is C25H28N2O2. The van der Waals surface area contributed by atoms with Crippen molar-refractivity contribution >= 4 is 11.6 Å². The van der Waals surface area contributed by atoms with Gasteiger partial charge in [0, 0.05) is 17.3 Å². The van der Waals surface area contributed by atoms with Gasteiger partial charge in [-0.2, -0.15) is 0 Å². The van der Waals surface area contributed by atoms with Crippen molar-refractivity contribution in [2.75, 3.05) is 5.73 Å². The summed E-state index contributed by atoms with van der Waals surface area (Å²) in [5.74, 6) is 0.185. The largest absolute Gasteiger partial charge is 0.508 e. The van der Waals surface area contributed by atoms with Crippen molar-refractivity contribution in [1.82, 2.24) is 5.32 Å². The summed E-state index contributed by atoms with van der Waals surface area (Å²) < 4.78 is 0. The summed E-state index contributed by atoms with van der Waals surface area (Å²) in [5.41, 5.74) is 10.8. The molecule has 3 rings (SSSR count). The number of aromatic hydroxyl groups is 1. The highest BCUT2D eigenvalue weighted by atomic mass is 16.3. The van der Waals surface area contributed by atoms with Crippen LogP contribution in [0, 0.1) is 0 Å². The van der Waals surface area contributed by atoms with Gasteiger partial charge in [0.1, 0.15) is 5.75 Å². The number of phenolic OH excluding ortho intramolecular Hbond substituents is 1. The number of nitrogens with one attached hydrogen (secondary N) is 1. The first-order valence-electron chi connectivity index (χ1n) is 10.0. The molecule has 4 nitrogen and oxygen atoms in total. The van der Waals surface area contributed by atoms with E-state index < -0.39 is 0 Å². The van der Waals surface area contributed by atoms with E-state index in [4.69, 9.17) is 5.73 Å². The molecule has 3 aromatic carbocycles. The standard InChI is InChI=1S/C25H28N2O2/c1-18(7-8-19-5-3-2-4-6-19)27-25(29)22-13-16-24(26)21(17-22)12-9-20-10-14-23(28)15-11-20/h2-6,10-11,13-18,28H,7-9,12,26H2,1H3,(H,27,29). The molecule has 0 saturated heterocycles. The lowest BCUT2D eigenvalue weighted by Crippen LogP contribution is -2.33. The lowest BCUT2D eigenvalue weighted by atomic mass is 10.00. The molecule has 0 aromatic heterocycles. The zero-order chi connectivity index (χ0) is 20.6. The van der Waals surface area contributed by atoms with Crippen LogP contribution in [0.15, 0.2) is 72.8 Å². The first-order chi connectivity index (χ1) is 14.0. The minimum atomic E-state index is -0.0727. The number of amides is 1. The smallest absolute Gasteiger partial charge is 0.251 e. The Kier molecular flexibility index (Phi) is 6.90. The van der Waals surface area contributed by atoms with Gasteiger partial charge < -0.3 is 16.2 Å². The number of carbonyl (C=O) groups is 1. The highest BCUT2D eigenvalue weighted by molar-refractivity contribution is 5.95. The van der Waals surface area contributed by atoms with Crippen molar-refractivity contribution in [3.05, 3.63) is 95.1 Å². The van der Waals surface area contributed by atoms with Crippen molar-refractivity contribution < 1.29 is 9.90 Å². The summed E-state index contributed by atoms with van der Waals surface area (Å²) in [6, 6.07) is 23.0. The molecule has 3 aromatic rings. The Balaban J connectivity index is 1.57. The molecule has 4 heteroatoms. The Bertz CT molecular complexity index is 937. The molecule has 0 saturated carbocycles. The van der Waals surface area contributed by atoms with Crippen LogP contribution in [-0.2, 0) is 19.3 Å². The predicted octanol–water partition coefficient (Wildman–Crippen LogP) is 4.51. The third kappa shape index (κ3) is 6.11. The molecule has 0 fully saturated rings. The fraction of sp³-hybridized carbons (Fsp3) is 0.240. The van der Waals surface area contributed by atoms with Crippen LogP contribution in [0.5, 0.6) is 5.75 Å². The Morgan fingerprint density at radius 3 is 2.34 bits per heavy atom. The molecule has 0 spiro atoms. The van der Waals surface area contributed by atoms with Gasteiger partial charge in [-0.05, 0) is 79.6 Å². The normalized spacial score (nSPS) is 11.8. The molecule has 29 heavy (non-hydrogen) atoms. The van der Waals surface area contributed by atoms with Gasteiger partial charge >= 0.3 is 0 Å². The van der Waals surface area contributed by atoms with Crippen molar-refractivity contribution in [2.24, 2.45) is 0 Å². The van der Waals surface area contributed by atoms with E-state index in [1.54, 1.807) is 24.3 Å². The van der Waals surface area contributed by atoms with Gasteiger partial charge in [-0.25, -0.2) is 0 Å². The molecule has 0 heterocycles. The summed E-state index contributed by atoms with van der Waals surface area (Å²) in [5, 5.41) is 12.5. The van der Waals surface area contributed by atoms with E-state index in [1.807, 2.05) is 43.3 Å². The Labute approximate surface area is 172 Å². The van der Waals surface area contributed by atoms with Crippen LogP contribution in [0.3, 0.4) is 0 Å². The van der Waals surface area contributed by atoms with Gasteiger partial charge in [-0.1, -0.05) is 42.5 Å². The molecule has 1 amide bonds. The Morgan fingerprint density at radius 2 is 1.62 bits per heavy atom. The van der Waals surface area contributed by atoms with Crippen LogP contribution in [-0.4, -0.2) is 17.1 Å². The van der Waals surface area contributed by atoms with E-state index in [0.717, 1.165) is 36.8 Å². The first kappa shape index (κ1) is 20.5. The lowest BCUT2D eigenvalue weighted by Gasteiger charge is -2.15. The van der Waals surface area contributed by atoms with Crippen molar-refractivity contribution in [3.8, 4) is 5.75 Å². The van der Waals surface area contributed by atoms with Gasteiger partial charge in [0.2, 0.25) is 0 Å². The van der Waals surface area contributed by atoms with Crippen LogP contribution in [0.25, 0.3) is 0 Å². The summed E-state index contributed by atoms with van der Waals surface area (Å²) in [7, 11) is 0. The second-order valence-corrected chi connectivity index (χ2v) is 7.48. The number of benzene rings is 3. The third-order valence-electron chi connectivity index (χ3n) is 5.11. The number of nitrogen functional groups attached to an aromatic ring is 1. The lowest BCUT2D eigenvalue weighted by molar-refractivity contribution is 0.0938. The van der Waals surface area contributed by atoms with Gasteiger partial charge in [-0.3, -0.25) is 4.79 Å². The van der Waals surface area contributed by atoms with Crippen LogP contribution in [0.2, 0.25) is 0 Å². The average Bonchev–Trinajstić information content (AvgIpc) is 2.73. The summed E-state index contributed by atoms with van der Waals surface area (Å²) >= 11 is 0. The highest BCUT2D eigenvalue weighted by Crippen LogP contribution is 2.18.